The SMILES string of the molecule is CCNC(CS(=O)(=O)c1cccs1)C(C)CC. The average molecular weight is 275 g/mol. The van der Waals surface area contributed by atoms with Crippen LogP contribution in [-0.4, -0.2) is 26.8 Å². The first-order valence-electron chi connectivity index (χ1n) is 6.00. The fraction of sp³-hybridized carbons (Fsp3) is 0.667. The normalized spacial score (nSPS) is 15.7. The van der Waals surface area contributed by atoms with Gasteiger partial charge in [0.15, 0.2) is 9.84 Å². The van der Waals surface area contributed by atoms with Gasteiger partial charge < -0.3 is 5.32 Å². The van der Waals surface area contributed by atoms with Crippen LogP contribution in [0.1, 0.15) is 27.2 Å². The molecular formula is C12H21NO2S2. The molecule has 98 valence electrons. The van der Waals surface area contributed by atoms with Gasteiger partial charge in [-0.25, -0.2) is 8.42 Å². The topological polar surface area (TPSA) is 46.2 Å². The van der Waals surface area contributed by atoms with Gasteiger partial charge in [-0.3, -0.25) is 0 Å². The lowest BCUT2D eigenvalue weighted by atomic mass is 10.0. The van der Waals surface area contributed by atoms with Crippen LogP contribution in [0.5, 0.6) is 0 Å². The van der Waals surface area contributed by atoms with Gasteiger partial charge in [0.25, 0.3) is 0 Å². The molecule has 5 heteroatoms. The van der Waals surface area contributed by atoms with Gasteiger partial charge in [0.2, 0.25) is 0 Å². The van der Waals surface area contributed by atoms with Crippen molar-refractivity contribution in [2.75, 3.05) is 12.3 Å². The highest BCUT2D eigenvalue weighted by atomic mass is 32.2. The van der Waals surface area contributed by atoms with Crippen LogP contribution in [0.25, 0.3) is 0 Å². The van der Waals surface area contributed by atoms with Crippen LogP contribution in [0.4, 0.5) is 0 Å². The van der Waals surface area contributed by atoms with Crippen LogP contribution < -0.4 is 5.32 Å². The minimum atomic E-state index is -3.14. The summed E-state index contributed by atoms with van der Waals surface area (Å²) in [7, 11) is -3.14. The van der Waals surface area contributed by atoms with Crippen molar-refractivity contribution in [1.82, 2.24) is 5.32 Å². The van der Waals surface area contributed by atoms with E-state index in [4.69, 9.17) is 0 Å². The first-order chi connectivity index (χ1) is 8.01. The summed E-state index contributed by atoms with van der Waals surface area (Å²) in [4.78, 5) is 0. The first kappa shape index (κ1) is 14.7. The summed E-state index contributed by atoms with van der Waals surface area (Å²) in [6, 6.07) is 3.50. The molecule has 17 heavy (non-hydrogen) atoms. The molecule has 0 radical (unpaired) electrons. The molecule has 1 rings (SSSR count). The summed E-state index contributed by atoms with van der Waals surface area (Å²) >= 11 is 1.29. The Morgan fingerprint density at radius 3 is 2.59 bits per heavy atom. The summed E-state index contributed by atoms with van der Waals surface area (Å²) in [6.07, 6.45) is 0.984. The van der Waals surface area contributed by atoms with Crippen molar-refractivity contribution in [3.05, 3.63) is 17.5 Å². The number of hydrogen-bond donors (Lipinski definition) is 1. The maximum atomic E-state index is 12.2. The molecule has 1 N–H and O–H groups in total. The van der Waals surface area contributed by atoms with E-state index in [1.54, 1.807) is 17.5 Å². The van der Waals surface area contributed by atoms with Gasteiger partial charge in [0, 0.05) is 6.04 Å². The molecule has 0 aliphatic carbocycles. The standard InChI is InChI=1S/C12H21NO2S2/c1-4-10(3)11(13-5-2)9-17(14,15)12-7-6-8-16-12/h6-8,10-11,13H,4-5,9H2,1-3H3. The lowest BCUT2D eigenvalue weighted by molar-refractivity contribution is 0.398. The molecule has 0 amide bonds. The Hall–Kier alpha value is -0.390. The highest BCUT2D eigenvalue weighted by Gasteiger charge is 2.24. The molecule has 0 bridgehead atoms. The molecule has 0 saturated heterocycles. The Morgan fingerprint density at radius 2 is 2.12 bits per heavy atom. The van der Waals surface area contributed by atoms with Crippen LogP contribution in [-0.2, 0) is 9.84 Å². The predicted octanol–water partition coefficient (Wildman–Crippen LogP) is 2.55. The van der Waals surface area contributed by atoms with Crippen LogP contribution in [0.3, 0.4) is 0 Å². The van der Waals surface area contributed by atoms with Crippen LogP contribution in [0, 0.1) is 5.92 Å². The summed E-state index contributed by atoms with van der Waals surface area (Å²) in [6.45, 7) is 6.99. The molecule has 0 aliphatic heterocycles. The van der Waals surface area contributed by atoms with Crippen molar-refractivity contribution >= 4 is 21.2 Å². The minimum Gasteiger partial charge on any atom is -0.313 e. The second-order valence-electron chi connectivity index (χ2n) is 4.26. The molecule has 2 atom stereocenters. The molecule has 2 unspecified atom stereocenters. The lowest BCUT2D eigenvalue weighted by Crippen LogP contribution is -2.40. The summed E-state index contributed by atoms with van der Waals surface area (Å²) in [5.41, 5.74) is 0. The first-order valence-corrected chi connectivity index (χ1v) is 8.54. The number of hydrogen-bond acceptors (Lipinski definition) is 4. The maximum Gasteiger partial charge on any atom is 0.189 e. The molecule has 1 heterocycles. The summed E-state index contributed by atoms with van der Waals surface area (Å²) < 4.78 is 24.8. The molecule has 1 aromatic rings. The van der Waals surface area contributed by atoms with Crippen molar-refractivity contribution in [3.8, 4) is 0 Å². The summed E-state index contributed by atoms with van der Waals surface area (Å²) in [5.74, 6) is 0.556. The monoisotopic (exact) mass is 275 g/mol. The molecular weight excluding hydrogens is 254 g/mol. The quantitative estimate of drug-likeness (QED) is 0.832. The molecule has 0 saturated carbocycles. The molecule has 1 aromatic heterocycles. The Bertz CT molecular complexity index is 412. The number of nitrogens with one attached hydrogen (secondary N) is 1. The second kappa shape index (κ2) is 6.52. The molecule has 0 spiro atoms. The van der Waals surface area contributed by atoms with E-state index in [1.165, 1.54) is 11.3 Å². The van der Waals surface area contributed by atoms with Gasteiger partial charge in [0.1, 0.15) is 4.21 Å². The zero-order valence-corrected chi connectivity index (χ0v) is 12.3. The lowest BCUT2D eigenvalue weighted by Gasteiger charge is -2.23. The van der Waals surface area contributed by atoms with E-state index in [0.717, 1.165) is 13.0 Å². The Morgan fingerprint density at radius 1 is 1.41 bits per heavy atom. The largest absolute Gasteiger partial charge is 0.313 e. The number of thiophene rings is 1. The van der Waals surface area contributed by atoms with Crippen molar-refractivity contribution in [2.45, 2.75) is 37.4 Å². The highest BCUT2D eigenvalue weighted by molar-refractivity contribution is 7.93. The van der Waals surface area contributed by atoms with Crippen LogP contribution >= 0.6 is 11.3 Å². The number of sulfone groups is 1. The van der Waals surface area contributed by atoms with E-state index in [1.807, 2.05) is 6.92 Å². The highest BCUT2D eigenvalue weighted by Crippen LogP contribution is 2.20. The predicted molar refractivity (Wildman–Crippen MR) is 73.3 cm³/mol. The fourth-order valence-corrected chi connectivity index (χ4v) is 4.51. The van der Waals surface area contributed by atoms with Crippen molar-refractivity contribution in [2.24, 2.45) is 5.92 Å². The van der Waals surface area contributed by atoms with Gasteiger partial charge >= 0.3 is 0 Å². The van der Waals surface area contributed by atoms with Crippen molar-refractivity contribution < 1.29 is 8.42 Å². The minimum absolute atomic E-state index is 0.0390. The van der Waals surface area contributed by atoms with Gasteiger partial charge in [0.05, 0.1) is 5.75 Å². The van der Waals surface area contributed by atoms with Gasteiger partial charge in [-0.2, -0.15) is 0 Å². The van der Waals surface area contributed by atoms with Crippen LogP contribution in [0.15, 0.2) is 21.7 Å². The third kappa shape index (κ3) is 4.08. The van der Waals surface area contributed by atoms with Crippen LogP contribution in [0.2, 0.25) is 0 Å². The fourth-order valence-electron chi connectivity index (χ4n) is 1.73. The number of rotatable bonds is 7. The second-order valence-corrected chi connectivity index (χ2v) is 7.47. The molecule has 0 aromatic carbocycles. The van der Waals surface area contributed by atoms with E-state index < -0.39 is 9.84 Å². The van der Waals surface area contributed by atoms with Gasteiger partial charge in [-0.15, -0.1) is 11.3 Å². The smallest absolute Gasteiger partial charge is 0.189 e. The Labute approximate surface area is 108 Å². The van der Waals surface area contributed by atoms with E-state index in [0.29, 0.717) is 10.1 Å². The van der Waals surface area contributed by atoms with E-state index in [2.05, 4.69) is 19.2 Å². The molecule has 0 aliphatic rings. The zero-order chi connectivity index (χ0) is 12.9. The van der Waals surface area contributed by atoms with E-state index >= 15 is 0 Å². The third-order valence-electron chi connectivity index (χ3n) is 3.00. The Balaban J connectivity index is 2.79. The van der Waals surface area contributed by atoms with Crippen molar-refractivity contribution in [1.29, 1.82) is 0 Å². The van der Waals surface area contributed by atoms with E-state index in [-0.39, 0.29) is 11.8 Å². The van der Waals surface area contributed by atoms with Gasteiger partial charge in [-0.05, 0) is 23.9 Å². The average Bonchev–Trinajstić information content (AvgIpc) is 2.81. The third-order valence-corrected chi connectivity index (χ3v) is 6.26. The maximum absolute atomic E-state index is 12.2. The Kier molecular flexibility index (Phi) is 5.62. The summed E-state index contributed by atoms with van der Waals surface area (Å²) in [5, 5.41) is 5.08. The molecule has 3 nitrogen and oxygen atoms in total. The van der Waals surface area contributed by atoms with Gasteiger partial charge in [-0.1, -0.05) is 33.3 Å². The zero-order valence-electron chi connectivity index (χ0n) is 10.6. The van der Waals surface area contributed by atoms with E-state index in [9.17, 15) is 8.42 Å². The van der Waals surface area contributed by atoms with Crippen molar-refractivity contribution in [3.63, 3.8) is 0 Å². The molecule has 0 fully saturated rings.